The lowest BCUT2D eigenvalue weighted by molar-refractivity contribution is -0.127. The summed E-state index contributed by atoms with van der Waals surface area (Å²) in [4.78, 5) is 18.5. The van der Waals surface area contributed by atoms with Gasteiger partial charge in [0.15, 0.2) is 5.65 Å². The van der Waals surface area contributed by atoms with E-state index in [1.165, 1.54) is 10.7 Å². The van der Waals surface area contributed by atoms with Gasteiger partial charge in [0.05, 0.1) is 50.5 Å². The molecule has 0 radical (unpaired) electrons. The van der Waals surface area contributed by atoms with E-state index in [-0.39, 0.29) is 17.8 Å². The summed E-state index contributed by atoms with van der Waals surface area (Å²) >= 11 is 0. The summed E-state index contributed by atoms with van der Waals surface area (Å²) in [6.07, 6.45) is -4.35. The van der Waals surface area contributed by atoms with Gasteiger partial charge in [-0.1, -0.05) is 43.9 Å². The second-order valence-electron chi connectivity index (χ2n) is 13.1. The number of methoxy groups -OCH3 is 1. The first kappa shape index (κ1) is 33.7. The van der Waals surface area contributed by atoms with Gasteiger partial charge in [0.2, 0.25) is 11.9 Å². The summed E-state index contributed by atoms with van der Waals surface area (Å²) in [6.45, 7) is 10.5. The zero-order valence-electron chi connectivity index (χ0n) is 27.7. The smallest absolute Gasteiger partial charge is 0.393 e. The predicted octanol–water partition coefficient (Wildman–Crippen LogP) is 5.94. The van der Waals surface area contributed by atoms with Crippen molar-refractivity contribution in [2.75, 3.05) is 49.8 Å². The van der Waals surface area contributed by atoms with Crippen molar-refractivity contribution in [2.24, 2.45) is 0 Å². The molecule has 48 heavy (non-hydrogen) atoms. The van der Waals surface area contributed by atoms with E-state index in [9.17, 15) is 13.2 Å². The summed E-state index contributed by atoms with van der Waals surface area (Å²) in [6, 6.07) is 16.6. The summed E-state index contributed by atoms with van der Waals surface area (Å²) in [5, 5.41) is 4.41. The molecule has 1 aliphatic heterocycles. The molecule has 3 aromatic heterocycles. The van der Waals surface area contributed by atoms with Crippen molar-refractivity contribution in [2.45, 2.75) is 58.1 Å². The Morgan fingerprint density at radius 2 is 1.71 bits per heavy atom. The number of hydrogen-bond donors (Lipinski definition) is 0. The molecule has 0 aliphatic carbocycles. The van der Waals surface area contributed by atoms with Gasteiger partial charge in [0.1, 0.15) is 18.3 Å². The van der Waals surface area contributed by atoms with Crippen molar-refractivity contribution in [1.29, 1.82) is 0 Å². The Bertz CT molecular complexity index is 1830. The Kier molecular flexibility index (Phi) is 9.89. The van der Waals surface area contributed by atoms with Crippen LogP contribution in [0.25, 0.3) is 16.7 Å². The van der Waals surface area contributed by atoms with Gasteiger partial charge in [0, 0.05) is 39.9 Å². The number of fused-ring (bicyclic) bond motifs is 2. The highest BCUT2D eigenvalue weighted by Gasteiger charge is 2.32. The molecular weight excluding hydrogens is 641 g/mol. The lowest BCUT2D eigenvalue weighted by Gasteiger charge is -2.29. The molecule has 0 amide bonds. The molecule has 0 bridgehead atoms. The third-order valence-electron chi connectivity index (χ3n) is 8.20. The number of nitrogens with zero attached hydrogens (tertiary/aromatic N) is 8. The molecule has 0 unspecified atom stereocenters. The monoisotopic (exact) mass is 682 g/mol. The number of ether oxygens (including phenoxy) is 3. The van der Waals surface area contributed by atoms with Crippen molar-refractivity contribution in [3.05, 3.63) is 71.7 Å². The minimum atomic E-state index is -4.43. The van der Waals surface area contributed by atoms with Crippen LogP contribution in [0.5, 0.6) is 5.75 Å². The van der Waals surface area contributed by atoms with Gasteiger partial charge in [0.25, 0.3) is 0 Å². The molecular formula is C33H41F3N8O3Si. The predicted molar refractivity (Wildman–Crippen MR) is 180 cm³/mol. The number of alkyl halides is 3. The van der Waals surface area contributed by atoms with Gasteiger partial charge >= 0.3 is 6.18 Å². The fourth-order valence-corrected chi connectivity index (χ4v) is 6.35. The third-order valence-corrected chi connectivity index (χ3v) is 9.90. The fraction of sp³-hybridized carbons (Fsp3) is 0.455. The number of hydrogen-bond acceptors (Lipinski definition) is 9. The minimum absolute atomic E-state index is 0.0203. The standard InChI is InChI=1S/C33H41F3N8O3Si/c1-45-26-11-9-24(10-12-26)21-42(22-29-38-27-7-5-6-8-28(27)43(29)23-47-17-18-48(2,3)4)32-40-31(41-13-15-46-16-14-41)39-30-25(19-33(34,35)36)20-37-44(30)32/h5-12,20H,13-19,21-23H2,1-4H3. The number of benzene rings is 2. The van der Waals surface area contributed by atoms with Crippen LogP contribution >= 0.6 is 0 Å². The van der Waals surface area contributed by atoms with Crippen molar-refractivity contribution >= 4 is 36.7 Å². The van der Waals surface area contributed by atoms with Gasteiger partial charge in [-0.25, -0.2) is 4.98 Å². The number of morpholine rings is 1. The quantitative estimate of drug-likeness (QED) is 0.110. The Balaban J connectivity index is 1.45. The van der Waals surface area contributed by atoms with Crippen LogP contribution < -0.4 is 14.5 Å². The molecule has 0 N–H and O–H groups in total. The number of aromatic nitrogens is 6. The van der Waals surface area contributed by atoms with Crippen LogP contribution in [-0.2, 0) is 35.7 Å². The second-order valence-corrected chi connectivity index (χ2v) is 18.7. The third kappa shape index (κ3) is 8.07. The Labute approximate surface area is 278 Å². The summed E-state index contributed by atoms with van der Waals surface area (Å²) in [7, 11) is 0.310. The first-order chi connectivity index (χ1) is 23.0. The molecule has 1 fully saturated rings. The lowest BCUT2D eigenvalue weighted by atomic mass is 10.2. The van der Waals surface area contributed by atoms with Crippen molar-refractivity contribution < 1.29 is 27.4 Å². The van der Waals surface area contributed by atoms with Gasteiger partial charge in [-0.3, -0.25) is 0 Å². The number of para-hydroxylation sites is 2. The molecule has 5 aromatic rings. The molecule has 15 heteroatoms. The molecule has 2 aromatic carbocycles. The number of anilines is 2. The maximum Gasteiger partial charge on any atom is 0.393 e. The zero-order valence-corrected chi connectivity index (χ0v) is 28.7. The van der Waals surface area contributed by atoms with E-state index in [1.54, 1.807) is 7.11 Å². The highest BCUT2D eigenvalue weighted by atomic mass is 28.3. The molecule has 6 rings (SSSR count). The van der Waals surface area contributed by atoms with Crippen LogP contribution in [0.4, 0.5) is 25.1 Å². The van der Waals surface area contributed by atoms with E-state index in [2.05, 4.69) is 34.3 Å². The minimum Gasteiger partial charge on any atom is -0.497 e. The van der Waals surface area contributed by atoms with E-state index in [0.29, 0.717) is 63.8 Å². The zero-order chi connectivity index (χ0) is 33.9. The van der Waals surface area contributed by atoms with Crippen LogP contribution in [0, 0.1) is 0 Å². The first-order valence-electron chi connectivity index (χ1n) is 16.0. The first-order valence-corrected chi connectivity index (χ1v) is 19.7. The SMILES string of the molecule is COc1ccc(CN(Cc2nc3ccccc3n2COCC[Si](C)(C)C)c2nc(N3CCOCC3)nc3c(CC(F)(F)F)cnn23)cc1. The number of rotatable bonds is 13. The highest BCUT2D eigenvalue weighted by Crippen LogP contribution is 2.29. The van der Waals surface area contributed by atoms with Gasteiger partial charge in [-0.05, 0) is 35.9 Å². The lowest BCUT2D eigenvalue weighted by Crippen LogP contribution is -2.38. The number of imidazole rings is 1. The molecule has 1 aliphatic rings. The van der Waals surface area contributed by atoms with Crippen LogP contribution in [0.1, 0.15) is 17.0 Å². The maximum atomic E-state index is 13.7. The normalized spacial score (nSPS) is 14.3. The van der Waals surface area contributed by atoms with Crippen molar-refractivity contribution in [1.82, 2.24) is 29.1 Å². The van der Waals surface area contributed by atoms with Gasteiger partial charge in [-0.2, -0.15) is 32.8 Å². The van der Waals surface area contributed by atoms with Gasteiger partial charge in [-0.15, -0.1) is 0 Å². The molecule has 0 spiro atoms. The molecule has 0 atom stereocenters. The van der Waals surface area contributed by atoms with E-state index in [1.807, 2.05) is 58.3 Å². The average Bonchev–Trinajstić information content (AvgIpc) is 3.62. The Hall–Kier alpha value is -4.21. The van der Waals surface area contributed by atoms with Crippen LogP contribution in [0.15, 0.2) is 54.7 Å². The van der Waals surface area contributed by atoms with E-state index in [0.717, 1.165) is 28.5 Å². The van der Waals surface area contributed by atoms with Crippen LogP contribution in [-0.4, -0.2) is 83.4 Å². The van der Waals surface area contributed by atoms with Crippen LogP contribution in [0.2, 0.25) is 25.7 Å². The maximum absolute atomic E-state index is 13.7. The van der Waals surface area contributed by atoms with Crippen LogP contribution in [0.3, 0.4) is 0 Å². The van der Waals surface area contributed by atoms with E-state index in [4.69, 9.17) is 24.2 Å². The average molecular weight is 683 g/mol. The van der Waals surface area contributed by atoms with E-state index >= 15 is 0 Å². The van der Waals surface area contributed by atoms with Gasteiger partial charge < -0.3 is 28.6 Å². The summed E-state index contributed by atoms with van der Waals surface area (Å²) in [5.41, 5.74) is 2.78. The molecule has 256 valence electrons. The van der Waals surface area contributed by atoms with Crippen molar-refractivity contribution in [3.8, 4) is 5.75 Å². The van der Waals surface area contributed by atoms with E-state index < -0.39 is 20.7 Å². The summed E-state index contributed by atoms with van der Waals surface area (Å²) in [5.74, 6) is 2.11. The topological polar surface area (TPSA) is 95.1 Å². The second kappa shape index (κ2) is 14.1. The Morgan fingerprint density at radius 1 is 0.958 bits per heavy atom. The largest absolute Gasteiger partial charge is 0.497 e. The summed E-state index contributed by atoms with van der Waals surface area (Å²) < 4.78 is 61.6. The Morgan fingerprint density at radius 3 is 2.42 bits per heavy atom. The molecule has 1 saturated heterocycles. The molecule has 11 nitrogen and oxygen atoms in total. The highest BCUT2D eigenvalue weighted by molar-refractivity contribution is 6.76. The van der Waals surface area contributed by atoms with Crippen molar-refractivity contribution in [3.63, 3.8) is 0 Å². The molecule has 4 heterocycles. The molecule has 0 saturated carbocycles. The fourth-order valence-electron chi connectivity index (χ4n) is 5.59. The number of halogens is 3.